The Bertz CT molecular complexity index is 549. The summed E-state index contributed by atoms with van der Waals surface area (Å²) in [7, 11) is 0. The first-order valence-electron chi connectivity index (χ1n) is 6.11. The number of amides is 1. The molecule has 0 saturated carbocycles. The van der Waals surface area contributed by atoms with Gasteiger partial charge in [0.2, 0.25) is 0 Å². The smallest absolute Gasteiger partial charge is 0.393 e. The molecule has 0 aliphatic heterocycles. The summed E-state index contributed by atoms with van der Waals surface area (Å²) >= 11 is 7.59. The average molecular weight is 383 g/mol. The number of hydrogen-bond acceptors (Lipinski definition) is 2. The van der Waals surface area contributed by atoms with Gasteiger partial charge in [-0.05, 0) is 24.6 Å². The molecule has 116 valence electrons. The normalized spacial score (nSPS) is 12.8. The number of thiocarbonyl (C=S) groups is 1. The Kier molecular flexibility index (Phi) is 6.15. The summed E-state index contributed by atoms with van der Waals surface area (Å²) in [6, 6.07) is 3.04. The lowest BCUT2D eigenvalue weighted by molar-refractivity contribution is -0.138. The fourth-order valence-electron chi connectivity index (χ4n) is 1.69. The average Bonchev–Trinajstić information content (AvgIpc) is 2.36. The topological polar surface area (TPSA) is 55.1 Å². The van der Waals surface area contributed by atoms with Gasteiger partial charge < -0.3 is 11.1 Å². The van der Waals surface area contributed by atoms with Gasteiger partial charge in [0.25, 0.3) is 5.91 Å². The molecule has 0 spiro atoms. The van der Waals surface area contributed by atoms with E-state index in [-0.39, 0.29) is 21.1 Å². The van der Waals surface area contributed by atoms with Crippen LogP contribution in [-0.4, -0.2) is 16.9 Å². The SMILES string of the molecule is CCC(CC(N)=S)NC(=O)c1ccc(Br)c(C(F)(F)F)c1. The highest BCUT2D eigenvalue weighted by Crippen LogP contribution is 2.35. The molecule has 8 heteroatoms. The van der Waals surface area contributed by atoms with E-state index in [0.29, 0.717) is 12.8 Å². The summed E-state index contributed by atoms with van der Waals surface area (Å²) in [5.74, 6) is -0.587. The quantitative estimate of drug-likeness (QED) is 0.764. The molecule has 0 bridgehead atoms. The first-order valence-corrected chi connectivity index (χ1v) is 7.31. The van der Waals surface area contributed by atoms with Crippen LogP contribution in [0.25, 0.3) is 0 Å². The molecule has 3 nitrogen and oxygen atoms in total. The van der Waals surface area contributed by atoms with Gasteiger partial charge in [-0.25, -0.2) is 0 Å². The Hall–Kier alpha value is -1.15. The summed E-state index contributed by atoms with van der Waals surface area (Å²) < 4.78 is 38.3. The van der Waals surface area contributed by atoms with Crippen LogP contribution in [0.5, 0.6) is 0 Å². The van der Waals surface area contributed by atoms with Gasteiger partial charge in [0.1, 0.15) is 0 Å². The highest BCUT2D eigenvalue weighted by Gasteiger charge is 2.33. The Balaban J connectivity index is 2.95. The molecule has 1 rings (SSSR count). The van der Waals surface area contributed by atoms with Crippen molar-refractivity contribution >= 4 is 39.0 Å². The molecular formula is C13H14BrF3N2OS. The molecule has 1 aromatic carbocycles. The largest absolute Gasteiger partial charge is 0.417 e. The summed E-state index contributed by atoms with van der Waals surface area (Å²) in [5, 5.41) is 2.62. The lowest BCUT2D eigenvalue weighted by Gasteiger charge is -2.17. The van der Waals surface area contributed by atoms with Crippen molar-refractivity contribution in [1.29, 1.82) is 0 Å². The predicted octanol–water partition coefficient (Wildman–Crippen LogP) is 3.65. The zero-order valence-electron chi connectivity index (χ0n) is 11.1. The van der Waals surface area contributed by atoms with Crippen molar-refractivity contribution in [3.63, 3.8) is 0 Å². The molecule has 0 aliphatic rings. The van der Waals surface area contributed by atoms with Crippen LogP contribution in [0.3, 0.4) is 0 Å². The summed E-state index contributed by atoms with van der Waals surface area (Å²) in [4.78, 5) is 12.3. The molecule has 21 heavy (non-hydrogen) atoms. The van der Waals surface area contributed by atoms with E-state index in [1.165, 1.54) is 12.1 Å². The number of carbonyl (C=O) groups is 1. The third kappa shape index (κ3) is 5.28. The van der Waals surface area contributed by atoms with E-state index in [0.717, 1.165) is 6.07 Å². The van der Waals surface area contributed by atoms with E-state index >= 15 is 0 Å². The second-order valence-corrected chi connectivity index (χ2v) is 5.82. The maximum absolute atomic E-state index is 12.8. The minimum atomic E-state index is -4.53. The molecule has 1 unspecified atom stereocenters. The van der Waals surface area contributed by atoms with Crippen LogP contribution in [0.2, 0.25) is 0 Å². The predicted molar refractivity (Wildman–Crippen MR) is 82.1 cm³/mol. The second-order valence-electron chi connectivity index (χ2n) is 4.44. The fraction of sp³-hybridized carbons (Fsp3) is 0.385. The molecule has 0 radical (unpaired) electrons. The molecule has 0 aromatic heterocycles. The van der Waals surface area contributed by atoms with Crippen molar-refractivity contribution in [2.75, 3.05) is 0 Å². The number of alkyl halides is 3. The number of rotatable bonds is 5. The van der Waals surface area contributed by atoms with Crippen LogP contribution >= 0.6 is 28.1 Å². The molecule has 1 aromatic rings. The van der Waals surface area contributed by atoms with E-state index in [1.54, 1.807) is 0 Å². The molecular weight excluding hydrogens is 369 g/mol. The lowest BCUT2D eigenvalue weighted by Crippen LogP contribution is -2.37. The lowest BCUT2D eigenvalue weighted by atomic mass is 10.1. The first-order chi connectivity index (χ1) is 9.65. The number of nitrogens with two attached hydrogens (primary N) is 1. The zero-order chi connectivity index (χ0) is 16.2. The standard InChI is InChI=1S/C13H14BrF3N2OS/c1-2-8(6-11(18)21)19-12(20)7-3-4-10(14)9(5-7)13(15,16)17/h3-5,8H,2,6H2,1H3,(H2,18,21)(H,19,20). The highest BCUT2D eigenvalue weighted by molar-refractivity contribution is 9.10. The van der Waals surface area contributed by atoms with E-state index in [1.807, 2.05) is 6.92 Å². The van der Waals surface area contributed by atoms with Crippen molar-refractivity contribution < 1.29 is 18.0 Å². The maximum Gasteiger partial charge on any atom is 0.417 e. The third-order valence-corrected chi connectivity index (χ3v) is 3.67. The van der Waals surface area contributed by atoms with Gasteiger partial charge in [-0.15, -0.1) is 0 Å². The van der Waals surface area contributed by atoms with E-state index in [2.05, 4.69) is 21.2 Å². The molecule has 3 N–H and O–H groups in total. The van der Waals surface area contributed by atoms with Crippen molar-refractivity contribution in [2.24, 2.45) is 5.73 Å². The summed E-state index contributed by atoms with van der Waals surface area (Å²) in [6.07, 6.45) is -3.65. The first kappa shape index (κ1) is 17.9. The van der Waals surface area contributed by atoms with E-state index in [9.17, 15) is 18.0 Å². The summed E-state index contributed by atoms with van der Waals surface area (Å²) in [6.45, 7) is 1.83. The molecule has 0 heterocycles. The Labute approximate surface area is 134 Å². The Morgan fingerprint density at radius 2 is 2.10 bits per heavy atom. The van der Waals surface area contributed by atoms with Gasteiger partial charge in [0.05, 0.1) is 10.6 Å². The van der Waals surface area contributed by atoms with Gasteiger partial charge in [-0.1, -0.05) is 35.1 Å². The van der Waals surface area contributed by atoms with Crippen molar-refractivity contribution in [3.8, 4) is 0 Å². The Morgan fingerprint density at radius 3 is 2.57 bits per heavy atom. The van der Waals surface area contributed by atoms with Crippen LogP contribution in [0, 0.1) is 0 Å². The van der Waals surface area contributed by atoms with Crippen LogP contribution in [0.4, 0.5) is 13.2 Å². The van der Waals surface area contributed by atoms with Crippen molar-refractivity contribution in [2.45, 2.75) is 32.0 Å². The monoisotopic (exact) mass is 382 g/mol. The zero-order valence-corrected chi connectivity index (χ0v) is 13.5. The van der Waals surface area contributed by atoms with Gasteiger partial charge in [0.15, 0.2) is 0 Å². The molecule has 0 fully saturated rings. The number of nitrogens with one attached hydrogen (secondary N) is 1. The van der Waals surface area contributed by atoms with E-state index < -0.39 is 17.6 Å². The van der Waals surface area contributed by atoms with E-state index in [4.69, 9.17) is 18.0 Å². The van der Waals surface area contributed by atoms with Gasteiger partial charge >= 0.3 is 6.18 Å². The molecule has 1 atom stereocenters. The fourth-order valence-corrected chi connectivity index (χ4v) is 2.37. The maximum atomic E-state index is 12.8. The van der Waals surface area contributed by atoms with Crippen LogP contribution < -0.4 is 11.1 Å². The minimum Gasteiger partial charge on any atom is -0.393 e. The van der Waals surface area contributed by atoms with Crippen LogP contribution in [0.1, 0.15) is 35.7 Å². The van der Waals surface area contributed by atoms with Gasteiger partial charge in [-0.2, -0.15) is 13.2 Å². The van der Waals surface area contributed by atoms with Gasteiger partial charge in [-0.3, -0.25) is 4.79 Å². The van der Waals surface area contributed by atoms with Gasteiger partial charge in [0, 0.05) is 22.5 Å². The minimum absolute atomic E-state index is 0.0630. The summed E-state index contributed by atoms with van der Waals surface area (Å²) in [5.41, 5.74) is 4.46. The molecule has 0 aliphatic carbocycles. The van der Waals surface area contributed by atoms with Crippen molar-refractivity contribution in [3.05, 3.63) is 33.8 Å². The molecule has 1 amide bonds. The highest BCUT2D eigenvalue weighted by atomic mass is 79.9. The number of benzene rings is 1. The Morgan fingerprint density at radius 1 is 1.48 bits per heavy atom. The van der Waals surface area contributed by atoms with Crippen LogP contribution in [-0.2, 0) is 6.18 Å². The molecule has 0 saturated heterocycles. The van der Waals surface area contributed by atoms with Crippen LogP contribution in [0.15, 0.2) is 22.7 Å². The second kappa shape index (κ2) is 7.22. The number of hydrogen-bond donors (Lipinski definition) is 2. The number of carbonyl (C=O) groups excluding carboxylic acids is 1. The third-order valence-electron chi connectivity index (χ3n) is 2.81. The number of halogens is 4. The van der Waals surface area contributed by atoms with Crippen molar-refractivity contribution in [1.82, 2.24) is 5.32 Å².